The highest BCUT2D eigenvalue weighted by atomic mass is 16.5. The van der Waals surface area contributed by atoms with Gasteiger partial charge in [-0.3, -0.25) is 9.59 Å². The van der Waals surface area contributed by atoms with Crippen molar-refractivity contribution in [3.63, 3.8) is 0 Å². The molecular formula is C18H16N2O4. The minimum Gasteiger partial charge on any atom is -0.465 e. The Morgan fingerprint density at radius 2 is 1.83 bits per heavy atom. The van der Waals surface area contributed by atoms with Crippen LogP contribution in [0.4, 0.5) is 5.69 Å². The quantitative estimate of drug-likeness (QED) is 0.843. The number of para-hydroxylation sites is 1. The Morgan fingerprint density at radius 3 is 2.62 bits per heavy atom. The summed E-state index contributed by atoms with van der Waals surface area (Å²) >= 11 is 0. The van der Waals surface area contributed by atoms with Gasteiger partial charge in [0.1, 0.15) is 6.04 Å². The highest BCUT2D eigenvalue weighted by Crippen LogP contribution is 2.20. The van der Waals surface area contributed by atoms with Crippen molar-refractivity contribution < 1.29 is 19.1 Å². The van der Waals surface area contributed by atoms with Gasteiger partial charge in [0.25, 0.3) is 5.91 Å². The molecule has 0 fully saturated rings. The van der Waals surface area contributed by atoms with E-state index in [1.807, 2.05) is 12.1 Å². The second-order valence-corrected chi connectivity index (χ2v) is 5.41. The maximum atomic E-state index is 12.5. The van der Waals surface area contributed by atoms with Gasteiger partial charge in [0.2, 0.25) is 5.91 Å². The summed E-state index contributed by atoms with van der Waals surface area (Å²) in [6, 6.07) is 13.0. The zero-order valence-corrected chi connectivity index (χ0v) is 13.0. The third-order valence-electron chi connectivity index (χ3n) is 3.90. The van der Waals surface area contributed by atoms with Crippen molar-refractivity contribution in [2.24, 2.45) is 0 Å². The Labute approximate surface area is 138 Å². The first kappa shape index (κ1) is 15.7. The number of carbonyl (C=O) groups excluding carboxylic acids is 3. The molecule has 0 bridgehead atoms. The summed E-state index contributed by atoms with van der Waals surface area (Å²) in [4.78, 5) is 36.4. The van der Waals surface area contributed by atoms with Crippen LogP contribution in [-0.4, -0.2) is 30.9 Å². The van der Waals surface area contributed by atoms with Gasteiger partial charge >= 0.3 is 5.97 Å². The lowest BCUT2D eigenvalue weighted by atomic mass is 9.95. The number of esters is 1. The van der Waals surface area contributed by atoms with Crippen LogP contribution in [0.3, 0.4) is 0 Å². The van der Waals surface area contributed by atoms with E-state index in [1.165, 1.54) is 7.11 Å². The number of benzene rings is 2. The molecule has 2 N–H and O–H groups in total. The van der Waals surface area contributed by atoms with Gasteiger partial charge in [-0.05, 0) is 23.8 Å². The summed E-state index contributed by atoms with van der Waals surface area (Å²) in [6.45, 7) is 0. The Balaban J connectivity index is 1.80. The maximum absolute atomic E-state index is 12.5. The molecule has 0 saturated heterocycles. The molecule has 24 heavy (non-hydrogen) atoms. The first-order chi connectivity index (χ1) is 11.6. The average molecular weight is 324 g/mol. The largest absolute Gasteiger partial charge is 0.465 e. The molecule has 3 rings (SSSR count). The molecule has 1 heterocycles. The molecular weight excluding hydrogens is 308 g/mol. The van der Waals surface area contributed by atoms with Crippen LogP contribution in [0.2, 0.25) is 0 Å². The van der Waals surface area contributed by atoms with Gasteiger partial charge in [0, 0.05) is 12.0 Å². The van der Waals surface area contributed by atoms with Crippen LogP contribution in [0, 0.1) is 0 Å². The lowest BCUT2D eigenvalue weighted by molar-refractivity contribution is -0.118. The molecule has 0 aliphatic carbocycles. The van der Waals surface area contributed by atoms with Gasteiger partial charge in [-0.1, -0.05) is 30.3 Å². The van der Waals surface area contributed by atoms with Crippen molar-refractivity contribution >= 4 is 23.5 Å². The smallest absolute Gasteiger partial charge is 0.339 e. The van der Waals surface area contributed by atoms with Gasteiger partial charge in [-0.15, -0.1) is 0 Å². The lowest BCUT2D eigenvalue weighted by Crippen LogP contribution is -2.48. The van der Waals surface area contributed by atoms with Crippen LogP contribution in [0.15, 0.2) is 48.5 Å². The fourth-order valence-electron chi connectivity index (χ4n) is 2.68. The molecule has 6 nitrogen and oxygen atoms in total. The molecule has 122 valence electrons. The van der Waals surface area contributed by atoms with Crippen LogP contribution < -0.4 is 10.6 Å². The first-order valence-corrected chi connectivity index (χ1v) is 7.47. The first-order valence-electron chi connectivity index (χ1n) is 7.47. The standard InChI is InChI=1S/C18H16N2O4/c1-24-18(23)13-8-4-5-9-14(13)19-17(22)15-10-11-6-2-3-7-12(11)16(21)20-15/h2-9,15H,10H2,1H3,(H,19,22)(H,20,21). The van der Waals surface area contributed by atoms with Crippen molar-refractivity contribution in [2.45, 2.75) is 12.5 Å². The molecule has 0 radical (unpaired) electrons. The summed E-state index contributed by atoms with van der Waals surface area (Å²) in [5.74, 6) is -1.20. The Bertz CT molecular complexity index is 816. The van der Waals surface area contributed by atoms with E-state index in [0.717, 1.165) is 5.56 Å². The summed E-state index contributed by atoms with van der Waals surface area (Å²) in [7, 11) is 1.28. The van der Waals surface area contributed by atoms with Gasteiger partial charge in [0.15, 0.2) is 0 Å². The van der Waals surface area contributed by atoms with Crippen LogP contribution in [-0.2, 0) is 16.0 Å². The van der Waals surface area contributed by atoms with Gasteiger partial charge < -0.3 is 15.4 Å². The number of rotatable bonds is 3. The van der Waals surface area contributed by atoms with E-state index in [2.05, 4.69) is 10.6 Å². The number of ether oxygens (including phenoxy) is 1. The summed E-state index contributed by atoms with van der Waals surface area (Å²) < 4.78 is 4.71. The molecule has 2 amide bonds. The third kappa shape index (κ3) is 2.99. The van der Waals surface area contributed by atoms with E-state index >= 15 is 0 Å². The molecule has 2 aromatic carbocycles. The lowest BCUT2D eigenvalue weighted by Gasteiger charge is -2.25. The second-order valence-electron chi connectivity index (χ2n) is 5.41. The zero-order valence-electron chi connectivity index (χ0n) is 13.0. The molecule has 6 heteroatoms. The Morgan fingerprint density at radius 1 is 1.12 bits per heavy atom. The number of nitrogens with one attached hydrogen (secondary N) is 2. The predicted octanol–water partition coefficient (Wildman–Crippen LogP) is 1.77. The summed E-state index contributed by atoms with van der Waals surface area (Å²) in [5, 5.41) is 5.38. The van der Waals surface area contributed by atoms with E-state index in [-0.39, 0.29) is 17.4 Å². The fraction of sp³-hybridized carbons (Fsp3) is 0.167. The van der Waals surface area contributed by atoms with E-state index in [0.29, 0.717) is 17.7 Å². The van der Waals surface area contributed by atoms with Crippen molar-refractivity contribution in [1.29, 1.82) is 0 Å². The molecule has 0 aromatic heterocycles. The van der Waals surface area contributed by atoms with Crippen molar-refractivity contribution in [3.8, 4) is 0 Å². The van der Waals surface area contributed by atoms with Crippen molar-refractivity contribution in [1.82, 2.24) is 5.32 Å². The van der Waals surface area contributed by atoms with Crippen LogP contribution in [0.25, 0.3) is 0 Å². The van der Waals surface area contributed by atoms with Crippen LogP contribution in [0.1, 0.15) is 26.3 Å². The SMILES string of the molecule is COC(=O)c1ccccc1NC(=O)C1Cc2ccccc2C(=O)N1. The average Bonchev–Trinajstić information content (AvgIpc) is 2.61. The van der Waals surface area contributed by atoms with E-state index in [9.17, 15) is 14.4 Å². The number of amides is 2. The molecule has 0 saturated carbocycles. The number of methoxy groups -OCH3 is 1. The van der Waals surface area contributed by atoms with E-state index in [4.69, 9.17) is 4.74 Å². The molecule has 1 aliphatic rings. The van der Waals surface area contributed by atoms with Crippen molar-refractivity contribution in [2.75, 3.05) is 12.4 Å². The molecule has 2 aromatic rings. The number of hydrogen-bond acceptors (Lipinski definition) is 4. The molecule has 1 atom stereocenters. The minimum atomic E-state index is -0.696. The van der Waals surface area contributed by atoms with Gasteiger partial charge in [-0.25, -0.2) is 4.79 Å². The van der Waals surface area contributed by atoms with E-state index < -0.39 is 12.0 Å². The van der Waals surface area contributed by atoms with Gasteiger partial charge in [0.05, 0.1) is 18.4 Å². The number of fused-ring (bicyclic) bond motifs is 1. The third-order valence-corrected chi connectivity index (χ3v) is 3.90. The van der Waals surface area contributed by atoms with E-state index in [1.54, 1.807) is 36.4 Å². The van der Waals surface area contributed by atoms with Gasteiger partial charge in [-0.2, -0.15) is 0 Å². The summed E-state index contributed by atoms with van der Waals surface area (Å²) in [5.41, 5.74) is 2.01. The van der Waals surface area contributed by atoms with Crippen molar-refractivity contribution in [3.05, 3.63) is 65.2 Å². The predicted molar refractivity (Wildman–Crippen MR) is 87.8 cm³/mol. The summed E-state index contributed by atoms with van der Waals surface area (Å²) in [6.07, 6.45) is 0.397. The maximum Gasteiger partial charge on any atom is 0.339 e. The number of carbonyl (C=O) groups is 3. The molecule has 1 aliphatic heterocycles. The number of hydrogen-bond donors (Lipinski definition) is 2. The van der Waals surface area contributed by atoms with Crippen LogP contribution >= 0.6 is 0 Å². The minimum absolute atomic E-state index is 0.260. The number of anilines is 1. The second kappa shape index (κ2) is 6.54. The molecule has 0 spiro atoms. The Hall–Kier alpha value is -3.15. The highest BCUT2D eigenvalue weighted by Gasteiger charge is 2.29. The fourth-order valence-corrected chi connectivity index (χ4v) is 2.68. The highest BCUT2D eigenvalue weighted by molar-refractivity contribution is 6.06. The monoisotopic (exact) mass is 324 g/mol. The zero-order chi connectivity index (χ0) is 17.1. The normalized spacial score (nSPS) is 15.9. The van der Waals surface area contributed by atoms with Crippen LogP contribution in [0.5, 0.6) is 0 Å². The Kier molecular flexibility index (Phi) is 4.29. The topological polar surface area (TPSA) is 84.5 Å². The molecule has 1 unspecified atom stereocenters.